The second kappa shape index (κ2) is 4.61. The van der Waals surface area contributed by atoms with E-state index >= 15 is 0 Å². The van der Waals surface area contributed by atoms with E-state index in [0.717, 1.165) is 16.9 Å². The normalized spacial score (nSPS) is 10.8. The predicted molar refractivity (Wildman–Crippen MR) is 74.0 cm³/mol. The third-order valence-corrected chi connectivity index (χ3v) is 2.92. The Morgan fingerprint density at radius 3 is 2.68 bits per heavy atom. The number of para-hydroxylation sites is 1. The third-order valence-electron chi connectivity index (χ3n) is 2.92. The van der Waals surface area contributed by atoms with Crippen LogP contribution in [0.1, 0.15) is 11.3 Å². The molecule has 96 valence electrons. The fourth-order valence-electron chi connectivity index (χ4n) is 2.03. The summed E-state index contributed by atoms with van der Waals surface area (Å²) in [5.41, 5.74) is 8.91. The average molecular weight is 253 g/mol. The third kappa shape index (κ3) is 2.35. The van der Waals surface area contributed by atoms with Crippen LogP contribution in [0.2, 0.25) is 0 Å². The first-order valence-electron chi connectivity index (χ1n) is 6.11. The molecule has 0 unspecified atom stereocenters. The number of rotatable bonds is 3. The minimum Gasteiger partial charge on any atom is -0.384 e. The molecule has 5 heteroatoms. The van der Waals surface area contributed by atoms with Gasteiger partial charge in [-0.2, -0.15) is 10.2 Å². The summed E-state index contributed by atoms with van der Waals surface area (Å²) in [6, 6.07) is 11.9. The molecule has 3 aromatic rings. The van der Waals surface area contributed by atoms with E-state index in [9.17, 15) is 0 Å². The van der Waals surface area contributed by atoms with E-state index in [1.165, 1.54) is 0 Å². The van der Waals surface area contributed by atoms with Crippen LogP contribution in [-0.4, -0.2) is 19.6 Å². The Morgan fingerprint density at radius 1 is 1.21 bits per heavy atom. The first kappa shape index (κ1) is 11.5. The lowest BCUT2D eigenvalue weighted by Gasteiger charge is -2.01. The van der Waals surface area contributed by atoms with Crippen LogP contribution >= 0.6 is 0 Å². The topological polar surface area (TPSA) is 61.7 Å². The van der Waals surface area contributed by atoms with Gasteiger partial charge in [-0.15, -0.1) is 0 Å². The minimum atomic E-state index is 0.631. The highest BCUT2D eigenvalue weighted by molar-refractivity contribution is 5.33. The Kier molecular flexibility index (Phi) is 2.79. The molecule has 0 radical (unpaired) electrons. The lowest BCUT2D eigenvalue weighted by Crippen LogP contribution is -2.05. The standard InChI is InChI=1S/C14H15N5/c1-11-7-14(15)19(17-11)10-12-8-16-18(9-12)13-5-3-2-4-6-13/h2-9H,10,15H2,1H3. The van der Waals surface area contributed by atoms with Gasteiger partial charge < -0.3 is 5.73 Å². The molecule has 2 N–H and O–H groups in total. The molecule has 0 spiro atoms. The summed E-state index contributed by atoms with van der Waals surface area (Å²) < 4.78 is 3.63. The molecule has 0 atom stereocenters. The van der Waals surface area contributed by atoms with Crippen LogP contribution in [-0.2, 0) is 6.54 Å². The van der Waals surface area contributed by atoms with E-state index in [2.05, 4.69) is 10.2 Å². The molecular weight excluding hydrogens is 238 g/mol. The van der Waals surface area contributed by atoms with Gasteiger partial charge >= 0.3 is 0 Å². The van der Waals surface area contributed by atoms with E-state index in [-0.39, 0.29) is 0 Å². The van der Waals surface area contributed by atoms with Crippen LogP contribution in [0.3, 0.4) is 0 Å². The molecule has 5 nitrogen and oxygen atoms in total. The Morgan fingerprint density at radius 2 is 2.00 bits per heavy atom. The molecule has 3 rings (SSSR count). The first-order chi connectivity index (χ1) is 9.22. The van der Waals surface area contributed by atoms with E-state index < -0.39 is 0 Å². The summed E-state index contributed by atoms with van der Waals surface area (Å²) in [5, 5.41) is 8.70. The number of nitrogens with two attached hydrogens (primary N) is 1. The second-order valence-electron chi connectivity index (χ2n) is 4.50. The van der Waals surface area contributed by atoms with Gasteiger partial charge in [0.1, 0.15) is 5.82 Å². The number of nitrogen functional groups attached to an aromatic ring is 1. The van der Waals surface area contributed by atoms with Crippen LogP contribution in [0.4, 0.5) is 5.82 Å². The quantitative estimate of drug-likeness (QED) is 0.776. The molecular formula is C14H15N5. The lowest BCUT2D eigenvalue weighted by atomic mass is 10.3. The molecule has 0 aliphatic heterocycles. The molecule has 2 heterocycles. The lowest BCUT2D eigenvalue weighted by molar-refractivity contribution is 0.689. The van der Waals surface area contributed by atoms with Gasteiger partial charge in [0.2, 0.25) is 0 Å². The van der Waals surface area contributed by atoms with E-state index in [1.54, 1.807) is 4.68 Å². The van der Waals surface area contributed by atoms with Crippen molar-refractivity contribution < 1.29 is 0 Å². The van der Waals surface area contributed by atoms with Gasteiger partial charge in [0.15, 0.2) is 0 Å². The van der Waals surface area contributed by atoms with Crippen LogP contribution in [0, 0.1) is 6.92 Å². The first-order valence-corrected chi connectivity index (χ1v) is 6.11. The van der Waals surface area contributed by atoms with Crippen molar-refractivity contribution in [3.63, 3.8) is 0 Å². The highest BCUT2D eigenvalue weighted by Crippen LogP contribution is 2.11. The van der Waals surface area contributed by atoms with Gasteiger partial charge in [0, 0.05) is 17.8 Å². The van der Waals surface area contributed by atoms with Crippen molar-refractivity contribution >= 4 is 5.82 Å². The van der Waals surface area contributed by atoms with Gasteiger partial charge in [-0.1, -0.05) is 18.2 Å². The van der Waals surface area contributed by atoms with Crippen molar-refractivity contribution in [1.82, 2.24) is 19.6 Å². The molecule has 0 fully saturated rings. The highest BCUT2D eigenvalue weighted by atomic mass is 15.3. The van der Waals surface area contributed by atoms with Crippen LogP contribution < -0.4 is 5.73 Å². The van der Waals surface area contributed by atoms with Crippen molar-refractivity contribution in [1.29, 1.82) is 0 Å². The summed E-state index contributed by atoms with van der Waals surface area (Å²) in [6.45, 7) is 2.56. The van der Waals surface area contributed by atoms with Crippen LogP contribution in [0.15, 0.2) is 48.8 Å². The molecule has 2 aromatic heterocycles. The highest BCUT2D eigenvalue weighted by Gasteiger charge is 2.05. The maximum absolute atomic E-state index is 5.88. The Hall–Kier alpha value is -2.56. The van der Waals surface area contributed by atoms with Crippen molar-refractivity contribution in [2.75, 3.05) is 5.73 Å². The average Bonchev–Trinajstić information content (AvgIpc) is 2.99. The zero-order valence-corrected chi connectivity index (χ0v) is 10.7. The fourth-order valence-corrected chi connectivity index (χ4v) is 2.03. The molecule has 1 aromatic carbocycles. The summed E-state index contributed by atoms with van der Waals surface area (Å²) in [6.07, 6.45) is 3.83. The van der Waals surface area contributed by atoms with Gasteiger partial charge in [-0.3, -0.25) is 0 Å². The number of hydrogen-bond acceptors (Lipinski definition) is 3. The van der Waals surface area contributed by atoms with Gasteiger partial charge in [-0.25, -0.2) is 9.36 Å². The molecule has 0 bridgehead atoms. The predicted octanol–water partition coefficient (Wildman–Crippen LogP) is 2.01. The molecule has 0 saturated heterocycles. The number of nitrogens with zero attached hydrogens (tertiary/aromatic N) is 4. The molecule has 0 aliphatic carbocycles. The second-order valence-corrected chi connectivity index (χ2v) is 4.50. The molecule has 0 aliphatic rings. The Bertz CT molecular complexity index is 681. The van der Waals surface area contributed by atoms with Crippen molar-refractivity contribution in [2.24, 2.45) is 0 Å². The Labute approximate surface area is 111 Å². The van der Waals surface area contributed by atoms with Crippen molar-refractivity contribution in [3.8, 4) is 5.69 Å². The van der Waals surface area contributed by atoms with E-state index in [0.29, 0.717) is 12.4 Å². The van der Waals surface area contributed by atoms with Gasteiger partial charge in [0.05, 0.1) is 24.1 Å². The summed E-state index contributed by atoms with van der Waals surface area (Å²) >= 11 is 0. The van der Waals surface area contributed by atoms with Crippen molar-refractivity contribution in [2.45, 2.75) is 13.5 Å². The van der Waals surface area contributed by atoms with Crippen LogP contribution in [0.25, 0.3) is 5.69 Å². The van der Waals surface area contributed by atoms with Gasteiger partial charge in [-0.05, 0) is 19.1 Å². The van der Waals surface area contributed by atoms with Crippen LogP contribution in [0.5, 0.6) is 0 Å². The summed E-state index contributed by atoms with van der Waals surface area (Å²) in [4.78, 5) is 0. The zero-order valence-electron chi connectivity index (χ0n) is 10.7. The smallest absolute Gasteiger partial charge is 0.122 e. The maximum Gasteiger partial charge on any atom is 0.122 e. The monoisotopic (exact) mass is 253 g/mol. The molecule has 0 amide bonds. The zero-order chi connectivity index (χ0) is 13.2. The minimum absolute atomic E-state index is 0.631. The number of aromatic nitrogens is 4. The largest absolute Gasteiger partial charge is 0.384 e. The number of benzene rings is 1. The van der Waals surface area contributed by atoms with Gasteiger partial charge in [0.25, 0.3) is 0 Å². The Balaban J connectivity index is 1.84. The summed E-state index contributed by atoms with van der Waals surface area (Å²) in [7, 11) is 0. The molecule has 0 saturated carbocycles. The van der Waals surface area contributed by atoms with E-state index in [4.69, 9.17) is 5.73 Å². The number of anilines is 1. The fraction of sp³-hybridized carbons (Fsp3) is 0.143. The maximum atomic E-state index is 5.88. The van der Waals surface area contributed by atoms with E-state index in [1.807, 2.05) is 60.4 Å². The molecule has 19 heavy (non-hydrogen) atoms. The summed E-state index contributed by atoms with van der Waals surface area (Å²) in [5.74, 6) is 0.671. The number of hydrogen-bond donors (Lipinski definition) is 1. The van der Waals surface area contributed by atoms with Crippen molar-refractivity contribution in [3.05, 3.63) is 60.0 Å². The SMILES string of the molecule is Cc1cc(N)n(Cc2cnn(-c3ccccc3)c2)n1. The number of aryl methyl sites for hydroxylation is 1.